The van der Waals surface area contributed by atoms with Crippen LogP contribution in [0.25, 0.3) is 0 Å². The van der Waals surface area contributed by atoms with Crippen molar-refractivity contribution < 1.29 is 9.90 Å². The fourth-order valence-electron chi connectivity index (χ4n) is 1.83. The molecule has 0 aliphatic carbocycles. The summed E-state index contributed by atoms with van der Waals surface area (Å²) in [6, 6.07) is 8.21. The van der Waals surface area contributed by atoms with Gasteiger partial charge in [0.05, 0.1) is 0 Å². The van der Waals surface area contributed by atoms with Crippen molar-refractivity contribution in [1.82, 2.24) is 4.90 Å². The molecule has 1 aromatic rings. The van der Waals surface area contributed by atoms with Gasteiger partial charge >= 0.3 is 5.97 Å². The van der Waals surface area contributed by atoms with Crippen LogP contribution in [0.5, 0.6) is 0 Å². The minimum Gasteiger partial charge on any atom is -0.481 e. The van der Waals surface area contributed by atoms with Gasteiger partial charge in [0.2, 0.25) is 0 Å². The van der Waals surface area contributed by atoms with Gasteiger partial charge in [0.1, 0.15) is 0 Å². The van der Waals surface area contributed by atoms with Gasteiger partial charge in [-0.1, -0.05) is 41.1 Å². The van der Waals surface area contributed by atoms with Gasteiger partial charge in [0.25, 0.3) is 0 Å². The predicted molar refractivity (Wildman–Crippen MR) is 76.6 cm³/mol. The Morgan fingerprint density at radius 3 is 2.67 bits per heavy atom. The molecule has 0 heterocycles. The zero-order valence-electron chi connectivity index (χ0n) is 10.7. The summed E-state index contributed by atoms with van der Waals surface area (Å²) in [5.41, 5.74) is 1.28. The highest BCUT2D eigenvalue weighted by molar-refractivity contribution is 9.10. The zero-order valence-corrected chi connectivity index (χ0v) is 12.3. The number of rotatable bonds is 8. The molecule has 3 nitrogen and oxygen atoms in total. The Bertz CT molecular complexity index is 382. The topological polar surface area (TPSA) is 40.5 Å². The minimum absolute atomic E-state index is 0.270. The van der Waals surface area contributed by atoms with Crippen molar-refractivity contribution in [3.05, 3.63) is 34.3 Å². The highest BCUT2D eigenvalue weighted by Gasteiger charge is 2.06. The number of benzene rings is 1. The summed E-state index contributed by atoms with van der Waals surface area (Å²) in [6.45, 7) is 4.97. The van der Waals surface area contributed by atoms with Crippen LogP contribution in [-0.2, 0) is 11.3 Å². The Kier molecular flexibility index (Phi) is 6.98. The smallest absolute Gasteiger partial charge is 0.303 e. The van der Waals surface area contributed by atoms with E-state index in [1.807, 2.05) is 18.2 Å². The van der Waals surface area contributed by atoms with Gasteiger partial charge in [0, 0.05) is 17.4 Å². The van der Waals surface area contributed by atoms with Crippen molar-refractivity contribution in [2.24, 2.45) is 0 Å². The molecule has 100 valence electrons. The third kappa shape index (κ3) is 5.65. The summed E-state index contributed by atoms with van der Waals surface area (Å²) in [5.74, 6) is -0.705. The molecule has 18 heavy (non-hydrogen) atoms. The highest BCUT2D eigenvalue weighted by atomic mass is 79.9. The number of aliphatic carboxylic acids is 1. The van der Waals surface area contributed by atoms with Gasteiger partial charge in [0.15, 0.2) is 0 Å². The van der Waals surface area contributed by atoms with Gasteiger partial charge in [-0.05, 0) is 37.6 Å². The average Bonchev–Trinajstić information content (AvgIpc) is 2.35. The molecular formula is C14H20BrNO2. The molecule has 1 N–H and O–H groups in total. The fraction of sp³-hybridized carbons (Fsp3) is 0.500. The molecule has 0 aromatic heterocycles. The third-order valence-corrected chi connectivity index (χ3v) is 3.69. The maximum atomic E-state index is 10.4. The minimum atomic E-state index is -0.705. The fourth-order valence-corrected chi connectivity index (χ4v) is 2.24. The van der Waals surface area contributed by atoms with Crippen molar-refractivity contribution >= 4 is 21.9 Å². The first-order valence-electron chi connectivity index (χ1n) is 6.31. The third-order valence-electron chi connectivity index (χ3n) is 2.91. The summed E-state index contributed by atoms with van der Waals surface area (Å²) in [4.78, 5) is 12.8. The number of carbonyl (C=O) groups is 1. The Morgan fingerprint density at radius 1 is 1.33 bits per heavy atom. The highest BCUT2D eigenvalue weighted by Crippen LogP contribution is 2.18. The average molecular weight is 314 g/mol. The number of carboxylic acids is 1. The Balaban J connectivity index is 2.38. The lowest BCUT2D eigenvalue weighted by atomic mass is 10.2. The quantitative estimate of drug-likeness (QED) is 0.746. The van der Waals surface area contributed by atoms with Crippen LogP contribution in [0.15, 0.2) is 28.7 Å². The first-order valence-corrected chi connectivity index (χ1v) is 7.10. The Labute approximate surface area is 117 Å². The van der Waals surface area contributed by atoms with Crippen molar-refractivity contribution in [1.29, 1.82) is 0 Å². The number of nitrogens with zero attached hydrogens (tertiary/aromatic N) is 1. The zero-order chi connectivity index (χ0) is 13.4. The van der Waals surface area contributed by atoms with Crippen LogP contribution < -0.4 is 0 Å². The molecule has 1 rings (SSSR count). The number of carboxylic acid groups (broad SMARTS) is 1. The van der Waals surface area contributed by atoms with Gasteiger partial charge in [-0.3, -0.25) is 9.69 Å². The lowest BCUT2D eigenvalue weighted by Crippen LogP contribution is -2.24. The molecule has 0 spiro atoms. The lowest BCUT2D eigenvalue weighted by molar-refractivity contribution is -0.137. The van der Waals surface area contributed by atoms with E-state index in [0.717, 1.165) is 36.9 Å². The molecule has 0 saturated carbocycles. The van der Waals surface area contributed by atoms with Gasteiger partial charge in [-0.15, -0.1) is 0 Å². The maximum Gasteiger partial charge on any atom is 0.303 e. The first kappa shape index (κ1) is 15.2. The summed E-state index contributed by atoms with van der Waals surface area (Å²) >= 11 is 3.55. The monoisotopic (exact) mass is 313 g/mol. The first-order chi connectivity index (χ1) is 8.63. The molecule has 0 atom stereocenters. The van der Waals surface area contributed by atoms with Crippen molar-refractivity contribution in [3.8, 4) is 0 Å². The Morgan fingerprint density at radius 2 is 2.06 bits per heavy atom. The molecule has 0 fully saturated rings. The van der Waals surface area contributed by atoms with Gasteiger partial charge < -0.3 is 5.11 Å². The second-order valence-electron chi connectivity index (χ2n) is 4.31. The summed E-state index contributed by atoms with van der Waals surface area (Å²) in [7, 11) is 0. The van der Waals surface area contributed by atoms with E-state index in [4.69, 9.17) is 5.11 Å². The van der Waals surface area contributed by atoms with Crippen LogP contribution in [0.4, 0.5) is 0 Å². The van der Waals surface area contributed by atoms with Crippen LogP contribution in [0.2, 0.25) is 0 Å². The Hall–Kier alpha value is -0.870. The molecule has 0 saturated heterocycles. The van der Waals surface area contributed by atoms with Crippen LogP contribution >= 0.6 is 15.9 Å². The molecule has 4 heteroatoms. The molecule has 0 aliphatic rings. The maximum absolute atomic E-state index is 10.4. The standard InChI is InChI=1S/C14H20BrNO2/c1-2-16(10-6-5-9-14(17)18)11-12-7-3-4-8-13(12)15/h3-4,7-8H,2,5-6,9-11H2,1H3,(H,17,18). The second kappa shape index (κ2) is 8.27. The molecule has 0 bridgehead atoms. The van der Waals surface area contributed by atoms with Gasteiger partial charge in [-0.2, -0.15) is 0 Å². The van der Waals surface area contributed by atoms with E-state index in [-0.39, 0.29) is 6.42 Å². The molecule has 1 aromatic carbocycles. The number of unbranched alkanes of at least 4 members (excludes halogenated alkanes) is 1. The van der Waals surface area contributed by atoms with E-state index in [2.05, 4.69) is 33.8 Å². The normalized spacial score (nSPS) is 10.8. The number of hydrogen-bond donors (Lipinski definition) is 1. The van der Waals surface area contributed by atoms with E-state index in [0.29, 0.717) is 0 Å². The van der Waals surface area contributed by atoms with E-state index in [9.17, 15) is 4.79 Å². The van der Waals surface area contributed by atoms with E-state index in [1.165, 1.54) is 5.56 Å². The van der Waals surface area contributed by atoms with Crippen LogP contribution in [0, 0.1) is 0 Å². The summed E-state index contributed by atoms with van der Waals surface area (Å²) in [5, 5.41) is 8.59. The van der Waals surface area contributed by atoms with E-state index >= 15 is 0 Å². The molecule has 0 aliphatic heterocycles. The molecule has 0 unspecified atom stereocenters. The number of halogens is 1. The SMILES string of the molecule is CCN(CCCCC(=O)O)Cc1ccccc1Br. The summed E-state index contributed by atoms with van der Waals surface area (Å²) < 4.78 is 1.13. The van der Waals surface area contributed by atoms with Crippen LogP contribution in [0.1, 0.15) is 31.7 Å². The molecular weight excluding hydrogens is 294 g/mol. The van der Waals surface area contributed by atoms with E-state index < -0.39 is 5.97 Å². The van der Waals surface area contributed by atoms with Crippen molar-refractivity contribution in [2.75, 3.05) is 13.1 Å². The van der Waals surface area contributed by atoms with E-state index in [1.54, 1.807) is 0 Å². The second-order valence-corrected chi connectivity index (χ2v) is 5.17. The van der Waals surface area contributed by atoms with Crippen LogP contribution in [0.3, 0.4) is 0 Å². The molecule has 0 radical (unpaired) electrons. The lowest BCUT2D eigenvalue weighted by Gasteiger charge is -2.20. The van der Waals surface area contributed by atoms with Gasteiger partial charge in [-0.25, -0.2) is 0 Å². The molecule has 0 amide bonds. The largest absolute Gasteiger partial charge is 0.481 e. The summed E-state index contributed by atoms with van der Waals surface area (Å²) in [6.07, 6.45) is 1.96. The van der Waals surface area contributed by atoms with Crippen molar-refractivity contribution in [2.45, 2.75) is 32.7 Å². The predicted octanol–water partition coefficient (Wildman–Crippen LogP) is 3.53. The van der Waals surface area contributed by atoms with Crippen LogP contribution in [-0.4, -0.2) is 29.1 Å². The number of hydrogen-bond acceptors (Lipinski definition) is 2. The van der Waals surface area contributed by atoms with Crippen molar-refractivity contribution in [3.63, 3.8) is 0 Å².